The van der Waals surface area contributed by atoms with Gasteiger partial charge in [0.2, 0.25) is 0 Å². The van der Waals surface area contributed by atoms with Gasteiger partial charge in [-0.05, 0) is 30.5 Å². The van der Waals surface area contributed by atoms with Gasteiger partial charge in [-0.25, -0.2) is 4.39 Å². The second-order valence-electron chi connectivity index (χ2n) is 2.78. The molecule has 0 bridgehead atoms. The van der Waals surface area contributed by atoms with Crippen LogP contribution >= 0.6 is 22.9 Å². The van der Waals surface area contributed by atoms with Crippen molar-refractivity contribution in [2.24, 2.45) is 0 Å². The largest absolute Gasteiger partial charge is 0.491 e. The number of thiophene rings is 1. The van der Waals surface area contributed by atoms with Crippen molar-refractivity contribution in [1.29, 1.82) is 0 Å². The van der Waals surface area contributed by atoms with E-state index >= 15 is 0 Å². The molecule has 14 heavy (non-hydrogen) atoms. The summed E-state index contributed by atoms with van der Waals surface area (Å²) in [5, 5.41) is 0.820. The van der Waals surface area contributed by atoms with Crippen LogP contribution in [0.5, 0.6) is 5.75 Å². The Morgan fingerprint density at radius 2 is 2.29 bits per heavy atom. The van der Waals surface area contributed by atoms with E-state index in [1.807, 2.05) is 13.0 Å². The van der Waals surface area contributed by atoms with Crippen molar-refractivity contribution in [1.82, 2.24) is 0 Å². The van der Waals surface area contributed by atoms with Gasteiger partial charge < -0.3 is 4.74 Å². The van der Waals surface area contributed by atoms with Crippen LogP contribution in [0.25, 0.3) is 10.1 Å². The van der Waals surface area contributed by atoms with Crippen LogP contribution in [-0.2, 0) is 0 Å². The van der Waals surface area contributed by atoms with Gasteiger partial charge in [-0.1, -0.05) is 11.6 Å². The number of fused-ring (bicyclic) bond motifs is 1. The third-order valence-electron chi connectivity index (χ3n) is 1.86. The van der Waals surface area contributed by atoms with Crippen molar-refractivity contribution in [3.8, 4) is 5.75 Å². The van der Waals surface area contributed by atoms with Crippen LogP contribution in [0.1, 0.15) is 6.92 Å². The predicted octanol–water partition coefficient (Wildman–Crippen LogP) is 4.09. The van der Waals surface area contributed by atoms with E-state index in [9.17, 15) is 4.39 Å². The molecule has 1 nitrogen and oxygen atoms in total. The average molecular weight is 231 g/mol. The normalized spacial score (nSPS) is 10.8. The van der Waals surface area contributed by atoms with E-state index in [0.29, 0.717) is 21.4 Å². The highest BCUT2D eigenvalue weighted by Crippen LogP contribution is 2.35. The van der Waals surface area contributed by atoms with Gasteiger partial charge in [0.05, 0.1) is 15.6 Å². The lowest BCUT2D eigenvalue weighted by Gasteiger charge is -2.03. The molecule has 0 amide bonds. The fraction of sp³-hybridized carbons (Fsp3) is 0.200. The SMILES string of the molecule is CCOc1ccc2cc(Cl)sc2c1F. The van der Waals surface area contributed by atoms with E-state index < -0.39 is 0 Å². The zero-order valence-electron chi connectivity index (χ0n) is 7.51. The van der Waals surface area contributed by atoms with Gasteiger partial charge in [0.25, 0.3) is 0 Å². The molecule has 0 N–H and O–H groups in total. The summed E-state index contributed by atoms with van der Waals surface area (Å²) in [5.74, 6) is -0.0280. The Bertz CT molecular complexity index is 466. The molecule has 2 aromatic rings. The van der Waals surface area contributed by atoms with Gasteiger partial charge in [-0.2, -0.15) is 0 Å². The number of hydrogen-bond acceptors (Lipinski definition) is 2. The van der Waals surface area contributed by atoms with Crippen molar-refractivity contribution >= 4 is 33.0 Å². The minimum absolute atomic E-state index is 0.290. The maximum Gasteiger partial charge on any atom is 0.182 e. The number of hydrogen-bond donors (Lipinski definition) is 0. The van der Waals surface area contributed by atoms with Crippen molar-refractivity contribution in [2.75, 3.05) is 6.61 Å². The van der Waals surface area contributed by atoms with Crippen LogP contribution in [0.3, 0.4) is 0 Å². The van der Waals surface area contributed by atoms with Gasteiger partial charge in [0.15, 0.2) is 11.6 Å². The maximum absolute atomic E-state index is 13.7. The molecular weight excluding hydrogens is 223 g/mol. The number of benzene rings is 1. The minimum atomic E-state index is -0.318. The molecule has 1 aromatic heterocycles. The monoisotopic (exact) mass is 230 g/mol. The molecule has 0 spiro atoms. The summed E-state index contributed by atoms with van der Waals surface area (Å²) >= 11 is 7.02. The average Bonchev–Trinajstić information content (AvgIpc) is 2.52. The summed E-state index contributed by atoms with van der Waals surface area (Å²) in [4.78, 5) is 0. The Kier molecular flexibility index (Phi) is 2.61. The molecule has 2 rings (SSSR count). The van der Waals surface area contributed by atoms with E-state index in [1.165, 1.54) is 11.3 Å². The van der Waals surface area contributed by atoms with Crippen molar-refractivity contribution in [3.05, 3.63) is 28.4 Å². The summed E-state index contributed by atoms with van der Waals surface area (Å²) in [6, 6.07) is 5.19. The van der Waals surface area contributed by atoms with Gasteiger partial charge in [-0.3, -0.25) is 0 Å². The standard InChI is InChI=1S/C10H8ClFOS/c1-2-13-7-4-3-6-5-8(11)14-10(6)9(7)12/h3-5H,2H2,1H3. The van der Waals surface area contributed by atoms with Gasteiger partial charge >= 0.3 is 0 Å². The van der Waals surface area contributed by atoms with Crippen LogP contribution in [0.15, 0.2) is 18.2 Å². The first kappa shape index (κ1) is 9.74. The number of rotatable bonds is 2. The maximum atomic E-state index is 13.7. The first-order valence-electron chi connectivity index (χ1n) is 4.22. The number of halogens is 2. The molecule has 1 aromatic carbocycles. The van der Waals surface area contributed by atoms with Crippen molar-refractivity contribution in [2.45, 2.75) is 6.92 Å². The smallest absolute Gasteiger partial charge is 0.182 e. The summed E-state index contributed by atoms with van der Waals surface area (Å²) < 4.78 is 20.0. The predicted molar refractivity (Wildman–Crippen MR) is 58.0 cm³/mol. The van der Waals surface area contributed by atoms with E-state index in [4.69, 9.17) is 16.3 Å². The molecule has 0 fully saturated rings. The van der Waals surface area contributed by atoms with E-state index in [2.05, 4.69) is 0 Å². The molecule has 0 aliphatic heterocycles. The summed E-state index contributed by atoms with van der Waals surface area (Å²) in [6.45, 7) is 2.28. The topological polar surface area (TPSA) is 9.23 Å². The molecule has 1 heterocycles. The van der Waals surface area contributed by atoms with Crippen LogP contribution in [0.4, 0.5) is 4.39 Å². The van der Waals surface area contributed by atoms with Crippen LogP contribution in [0, 0.1) is 5.82 Å². The summed E-state index contributed by atoms with van der Waals surface area (Å²) in [5.41, 5.74) is 0. The molecule has 0 aliphatic rings. The Morgan fingerprint density at radius 3 is 3.00 bits per heavy atom. The lowest BCUT2D eigenvalue weighted by Crippen LogP contribution is -1.93. The first-order valence-corrected chi connectivity index (χ1v) is 5.42. The molecule has 0 saturated heterocycles. The van der Waals surface area contributed by atoms with E-state index in [1.54, 1.807) is 12.1 Å². The highest BCUT2D eigenvalue weighted by molar-refractivity contribution is 7.22. The molecule has 0 unspecified atom stereocenters. The molecule has 0 aliphatic carbocycles. The molecule has 0 atom stereocenters. The second-order valence-corrected chi connectivity index (χ2v) is 4.46. The fourth-order valence-corrected chi connectivity index (χ4v) is 2.45. The molecular formula is C10H8ClFOS. The first-order chi connectivity index (χ1) is 6.72. The molecule has 74 valence electrons. The molecule has 0 radical (unpaired) electrons. The fourth-order valence-electron chi connectivity index (χ4n) is 1.29. The summed E-state index contributed by atoms with van der Waals surface area (Å²) in [6.07, 6.45) is 0. The minimum Gasteiger partial charge on any atom is -0.491 e. The van der Waals surface area contributed by atoms with Gasteiger partial charge in [-0.15, -0.1) is 11.3 Å². The van der Waals surface area contributed by atoms with Gasteiger partial charge in [0.1, 0.15) is 0 Å². The van der Waals surface area contributed by atoms with E-state index in [0.717, 1.165) is 5.39 Å². The third-order valence-corrected chi connectivity index (χ3v) is 3.13. The number of ether oxygens (including phenoxy) is 1. The van der Waals surface area contributed by atoms with Crippen LogP contribution < -0.4 is 4.74 Å². The van der Waals surface area contributed by atoms with Crippen LogP contribution in [-0.4, -0.2) is 6.61 Å². The second kappa shape index (κ2) is 3.75. The summed E-state index contributed by atoms with van der Waals surface area (Å²) in [7, 11) is 0. The Balaban J connectivity index is 2.61. The Labute approximate surface area is 90.1 Å². The zero-order valence-corrected chi connectivity index (χ0v) is 9.08. The van der Waals surface area contributed by atoms with Crippen molar-refractivity contribution in [3.63, 3.8) is 0 Å². The highest BCUT2D eigenvalue weighted by Gasteiger charge is 2.10. The van der Waals surface area contributed by atoms with Crippen molar-refractivity contribution < 1.29 is 9.13 Å². The third kappa shape index (κ3) is 1.57. The lowest BCUT2D eigenvalue weighted by molar-refractivity contribution is 0.323. The van der Waals surface area contributed by atoms with Gasteiger partial charge in [0, 0.05) is 0 Å². The molecule has 0 saturated carbocycles. The Hall–Kier alpha value is -0.800. The quantitative estimate of drug-likeness (QED) is 0.755. The van der Waals surface area contributed by atoms with E-state index in [-0.39, 0.29) is 5.82 Å². The van der Waals surface area contributed by atoms with Crippen LogP contribution in [0.2, 0.25) is 4.34 Å². The highest BCUT2D eigenvalue weighted by atomic mass is 35.5. The zero-order chi connectivity index (χ0) is 10.1. The molecule has 4 heteroatoms. The lowest BCUT2D eigenvalue weighted by atomic mass is 10.2. The Morgan fingerprint density at radius 1 is 1.50 bits per heavy atom.